The fourth-order valence-corrected chi connectivity index (χ4v) is 2.76. The topological polar surface area (TPSA) is 38.5 Å². The maximum absolute atomic E-state index is 6.24. The third kappa shape index (κ3) is 4.18. The van der Waals surface area contributed by atoms with Gasteiger partial charge in [0.1, 0.15) is 0 Å². The van der Waals surface area contributed by atoms with Crippen LogP contribution in [0.4, 0.5) is 0 Å². The molecule has 0 saturated carbocycles. The van der Waals surface area contributed by atoms with Gasteiger partial charge in [-0.1, -0.05) is 36.7 Å². The van der Waals surface area contributed by atoms with Crippen LogP contribution in [-0.2, 0) is 4.74 Å². The number of hydrogen-bond donors (Lipinski definition) is 1. The predicted octanol–water partition coefficient (Wildman–Crippen LogP) is 2.84. The Bertz CT molecular complexity index is 399. The molecule has 0 aromatic heterocycles. The average molecular weight is 283 g/mol. The number of hydrogen-bond acceptors (Lipinski definition) is 3. The van der Waals surface area contributed by atoms with Gasteiger partial charge in [0.05, 0.1) is 12.7 Å². The highest BCUT2D eigenvalue weighted by Gasteiger charge is 2.19. The van der Waals surface area contributed by atoms with Crippen molar-refractivity contribution < 1.29 is 4.74 Å². The Hall–Kier alpha value is -0.610. The van der Waals surface area contributed by atoms with Crippen molar-refractivity contribution in [2.45, 2.75) is 31.9 Å². The van der Waals surface area contributed by atoms with E-state index in [2.05, 4.69) is 11.8 Å². The van der Waals surface area contributed by atoms with Crippen molar-refractivity contribution in [3.8, 4) is 0 Å². The Kier molecular flexibility index (Phi) is 5.64. The lowest BCUT2D eigenvalue weighted by molar-refractivity contribution is -0.0302. The van der Waals surface area contributed by atoms with E-state index in [-0.39, 0.29) is 6.04 Å². The summed E-state index contributed by atoms with van der Waals surface area (Å²) in [5, 5.41) is 0.767. The van der Waals surface area contributed by atoms with Crippen molar-refractivity contribution >= 4 is 11.6 Å². The van der Waals surface area contributed by atoms with Crippen molar-refractivity contribution in [1.82, 2.24) is 4.90 Å². The first-order chi connectivity index (χ1) is 9.20. The largest absolute Gasteiger partial charge is 0.376 e. The highest BCUT2D eigenvalue weighted by Crippen LogP contribution is 2.23. The molecule has 1 aromatic rings. The number of nitrogens with zero attached hydrogens (tertiary/aromatic N) is 1. The third-order valence-electron chi connectivity index (χ3n) is 3.74. The molecule has 2 unspecified atom stereocenters. The summed E-state index contributed by atoms with van der Waals surface area (Å²) in [5.41, 5.74) is 7.28. The highest BCUT2D eigenvalue weighted by molar-refractivity contribution is 6.31. The van der Waals surface area contributed by atoms with Crippen LogP contribution in [0.5, 0.6) is 0 Å². The standard InChI is InChI=1S/C15H23ClN2O/c1-2-12-11-18(9-10-19-12)8-7-15(17)13-5-3-4-6-14(13)16/h3-6,12,15H,2,7-11,17H2,1H3. The summed E-state index contributed by atoms with van der Waals surface area (Å²) in [6.45, 7) is 6.03. The zero-order valence-corrected chi connectivity index (χ0v) is 12.3. The fraction of sp³-hybridized carbons (Fsp3) is 0.600. The molecule has 2 rings (SSSR count). The molecule has 1 heterocycles. The lowest BCUT2D eigenvalue weighted by atomic mass is 10.0. The van der Waals surface area contributed by atoms with Crippen LogP contribution in [0.15, 0.2) is 24.3 Å². The molecule has 106 valence electrons. The summed E-state index contributed by atoms with van der Waals surface area (Å²) in [6, 6.07) is 7.85. The molecular weight excluding hydrogens is 260 g/mol. The second-order valence-corrected chi connectivity index (χ2v) is 5.53. The van der Waals surface area contributed by atoms with Crippen molar-refractivity contribution in [1.29, 1.82) is 0 Å². The van der Waals surface area contributed by atoms with Crippen LogP contribution in [0, 0.1) is 0 Å². The molecule has 1 fully saturated rings. The normalized spacial score (nSPS) is 22.4. The summed E-state index contributed by atoms with van der Waals surface area (Å²) in [7, 11) is 0. The van der Waals surface area contributed by atoms with Gasteiger partial charge in [-0.3, -0.25) is 4.90 Å². The number of halogens is 1. The van der Waals surface area contributed by atoms with Crippen LogP contribution in [0.2, 0.25) is 5.02 Å². The number of rotatable bonds is 5. The van der Waals surface area contributed by atoms with E-state index in [4.69, 9.17) is 22.1 Å². The molecule has 3 nitrogen and oxygen atoms in total. The first-order valence-corrected chi connectivity index (χ1v) is 7.42. The van der Waals surface area contributed by atoms with E-state index in [0.717, 1.165) is 49.7 Å². The molecule has 0 spiro atoms. The van der Waals surface area contributed by atoms with Gasteiger partial charge in [-0.2, -0.15) is 0 Å². The molecular formula is C15H23ClN2O. The van der Waals surface area contributed by atoms with Crippen LogP contribution in [0.1, 0.15) is 31.4 Å². The SMILES string of the molecule is CCC1CN(CCC(N)c2ccccc2Cl)CCO1. The molecule has 1 aliphatic heterocycles. The maximum Gasteiger partial charge on any atom is 0.0700 e. The van der Waals surface area contributed by atoms with Crippen LogP contribution >= 0.6 is 11.6 Å². The third-order valence-corrected chi connectivity index (χ3v) is 4.08. The molecule has 1 aliphatic rings. The van der Waals surface area contributed by atoms with Gasteiger partial charge in [0.15, 0.2) is 0 Å². The van der Waals surface area contributed by atoms with Gasteiger partial charge in [-0.25, -0.2) is 0 Å². The monoisotopic (exact) mass is 282 g/mol. The molecule has 0 radical (unpaired) electrons. The fourth-order valence-electron chi connectivity index (χ4n) is 2.48. The van der Waals surface area contributed by atoms with Gasteiger partial charge in [-0.15, -0.1) is 0 Å². The first-order valence-electron chi connectivity index (χ1n) is 7.04. The molecule has 1 saturated heterocycles. The molecule has 0 bridgehead atoms. The summed E-state index contributed by atoms with van der Waals surface area (Å²) in [6.07, 6.45) is 2.39. The molecule has 2 N–H and O–H groups in total. The second kappa shape index (κ2) is 7.25. The Morgan fingerprint density at radius 1 is 1.47 bits per heavy atom. The van der Waals surface area contributed by atoms with Crippen molar-refractivity contribution in [2.75, 3.05) is 26.2 Å². The van der Waals surface area contributed by atoms with E-state index in [1.165, 1.54) is 0 Å². The number of benzene rings is 1. The van der Waals surface area contributed by atoms with Gasteiger partial charge >= 0.3 is 0 Å². The van der Waals surface area contributed by atoms with Crippen LogP contribution in [0.3, 0.4) is 0 Å². The van der Waals surface area contributed by atoms with Gasteiger partial charge in [-0.05, 0) is 24.5 Å². The van der Waals surface area contributed by atoms with Gasteiger partial charge in [0.2, 0.25) is 0 Å². The lowest BCUT2D eigenvalue weighted by Crippen LogP contribution is -2.43. The summed E-state index contributed by atoms with van der Waals surface area (Å²) in [4.78, 5) is 2.44. The highest BCUT2D eigenvalue weighted by atomic mass is 35.5. The van der Waals surface area contributed by atoms with Crippen molar-refractivity contribution in [3.63, 3.8) is 0 Å². The Morgan fingerprint density at radius 2 is 2.26 bits per heavy atom. The smallest absolute Gasteiger partial charge is 0.0700 e. The van der Waals surface area contributed by atoms with Gasteiger partial charge < -0.3 is 10.5 Å². The quantitative estimate of drug-likeness (QED) is 0.902. The average Bonchev–Trinajstić information content (AvgIpc) is 2.45. The van der Waals surface area contributed by atoms with Crippen LogP contribution < -0.4 is 5.73 Å². The predicted molar refractivity (Wildman–Crippen MR) is 79.5 cm³/mol. The maximum atomic E-state index is 6.24. The van der Waals surface area contributed by atoms with E-state index in [1.54, 1.807) is 0 Å². The molecule has 1 aromatic carbocycles. The van der Waals surface area contributed by atoms with Gasteiger partial charge in [0, 0.05) is 30.7 Å². The minimum Gasteiger partial charge on any atom is -0.376 e. The van der Waals surface area contributed by atoms with Gasteiger partial charge in [0.25, 0.3) is 0 Å². The Morgan fingerprint density at radius 3 is 3.00 bits per heavy atom. The molecule has 0 amide bonds. The summed E-state index contributed by atoms with van der Waals surface area (Å²) < 4.78 is 5.67. The minimum atomic E-state index is 0.0108. The summed E-state index contributed by atoms with van der Waals surface area (Å²) in [5.74, 6) is 0. The number of nitrogens with two attached hydrogens (primary N) is 1. The Balaban J connectivity index is 1.83. The van der Waals surface area contributed by atoms with E-state index >= 15 is 0 Å². The summed E-state index contributed by atoms with van der Waals surface area (Å²) >= 11 is 6.17. The van der Waals surface area contributed by atoms with Crippen LogP contribution in [0.25, 0.3) is 0 Å². The van der Waals surface area contributed by atoms with Crippen LogP contribution in [-0.4, -0.2) is 37.2 Å². The zero-order valence-electron chi connectivity index (χ0n) is 11.5. The number of ether oxygens (including phenoxy) is 1. The van der Waals surface area contributed by atoms with E-state index in [0.29, 0.717) is 6.10 Å². The zero-order chi connectivity index (χ0) is 13.7. The molecule has 4 heteroatoms. The van der Waals surface area contributed by atoms with Crippen molar-refractivity contribution in [2.24, 2.45) is 5.73 Å². The molecule has 2 atom stereocenters. The lowest BCUT2D eigenvalue weighted by Gasteiger charge is -2.33. The molecule has 0 aliphatic carbocycles. The minimum absolute atomic E-state index is 0.0108. The van der Waals surface area contributed by atoms with E-state index in [1.807, 2.05) is 24.3 Å². The van der Waals surface area contributed by atoms with Crippen molar-refractivity contribution in [3.05, 3.63) is 34.9 Å². The Labute approximate surface area is 120 Å². The van der Waals surface area contributed by atoms with E-state index in [9.17, 15) is 0 Å². The molecule has 19 heavy (non-hydrogen) atoms. The first kappa shape index (κ1) is 14.8. The van der Waals surface area contributed by atoms with E-state index < -0.39 is 0 Å². The number of morpholine rings is 1. The second-order valence-electron chi connectivity index (χ2n) is 5.12.